The highest BCUT2D eigenvalue weighted by molar-refractivity contribution is 7.19. The minimum Gasteiger partial charge on any atom is -0.492 e. The van der Waals surface area contributed by atoms with Gasteiger partial charge in [0.2, 0.25) is 0 Å². The van der Waals surface area contributed by atoms with Crippen molar-refractivity contribution in [3.63, 3.8) is 0 Å². The number of nitrogens with zero attached hydrogens (tertiary/aromatic N) is 1. The lowest BCUT2D eigenvalue weighted by Crippen LogP contribution is -2.34. The molecule has 2 aromatic carbocycles. The van der Waals surface area contributed by atoms with Gasteiger partial charge in [0.1, 0.15) is 18.0 Å². The summed E-state index contributed by atoms with van der Waals surface area (Å²) in [6.45, 7) is 8.10. The van der Waals surface area contributed by atoms with Gasteiger partial charge in [-0.15, -0.1) is 11.3 Å². The SMILES string of the molecule is CCOC(=O)C(Cc1cc2cc(C#N)ccc2s1)c1ccc(OCCNC(=O)OC(C)(C)C)cc1. The minimum atomic E-state index is -0.550. The molecule has 0 radical (unpaired) electrons. The van der Waals surface area contributed by atoms with Gasteiger partial charge >= 0.3 is 12.1 Å². The lowest BCUT2D eigenvalue weighted by atomic mass is 9.95. The van der Waals surface area contributed by atoms with Crippen LogP contribution in [0.2, 0.25) is 0 Å². The number of rotatable bonds is 9. The van der Waals surface area contributed by atoms with E-state index in [1.165, 1.54) is 0 Å². The largest absolute Gasteiger partial charge is 0.492 e. The van der Waals surface area contributed by atoms with Crippen molar-refractivity contribution in [2.24, 2.45) is 0 Å². The van der Waals surface area contributed by atoms with Crippen LogP contribution in [0.1, 0.15) is 49.6 Å². The van der Waals surface area contributed by atoms with Crippen LogP contribution in [0.4, 0.5) is 4.79 Å². The van der Waals surface area contributed by atoms with Gasteiger partial charge in [0.25, 0.3) is 0 Å². The number of hydrogen-bond donors (Lipinski definition) is 1. The van der Waals surface area contributed by atoms with Crippen LogP contribution in [-0.2, 0) is 20.7 Å². The van der Waals surface area contributed by atoms with E-state index in [1.54, 1.807) is 57.2 Å². The molecule has 1 amide bonds. The fraction of sp³-hybridized carbons (Fsp3) is 0.370. The molecule has 7 nitrogen and oxygen atoms in total. The molecule has 1 N–H and O–H groups in total. The van der Waals surface area contributed by atoms with Crippen molar-refractivity contribution in [2.75, 3.05) is 19.8 Å². The molecule has 3 rings (SSSR count). The number of thiophene rings is 1. The van der Waals surface area contributed by atoms with Crippen LogP contribution in [0.5, 0.6) is 5.75 Å². The van der Waals surface area contributed by atoms with Gasteiger partial charge in [0.15, 0.2) is 0 Å². The number of fused-ring (bicyclic) bond motifs is 1. The molecule has 1 aromatic heterocycles. The molecule has 3 aromatic rings. The molecule has 1 atom stereocenters. The Labute approximate surface area is 209 Å². The number of esters is 1. The molecular formula is C27H30N2O5S. The number of nitrogens with one attached hydrogen (secondary N) is 1. The van der Waals surface area contributed by atoms with Crippen LogP contribution < -0.4 is 10.1 Å². The van der Waals surface area contributed by atoms with Gasteiger partial charge in [0.05, 0.1) is 30.7 Å². The van der Waals surface area contributed by atoms with Gasteiger partial charge < -0.3 is 19.5 Å². The standard InChI is InChI=1S/C27H30N2O5S/c1-5-32-25(30)23(16-22-15-20-14-18(17-28)6-11-24(20)35-22)19-7-9-21(10-8-19)33-13-12-29-26(31)34-27(2,3)4/h6-11,14-15,23H,5,12-13,16H2,1-4H3,(H,29,31). The van der Waals surface area contributed by atoms with Crippen molar-refractivity contribution in [3.8, 4) is 11.8 Å². The summed E-state index contributed by atoms with van der Waals surface area (Å²) in [5.41, 5.74) is 0.893. The first kappa shape index (κ1) is 26.0. The molecule has 0 saturated carbocycles. The summed E-state index contributed by atoms with van der Waals surface area (Å²) in [4.78, 5) is 25.5. The maximum atomic E-state index is 12.8. The fourth-order valence-corrected chi connectivity index (χ4v) is 4.57. The molecule has 35 heavy (non-hydrogen) atoms. The molecule has 1 heterocycles. The third-order valence-electron chi connectivity index (χ3n) is 4.99. The average molecular weight is 495 g/mol. The monoisotopic (exact) mass is 494 g/mol. The Morgan fingerprint density at radius 2 is 1.86 bits per heavy atom. The third-order valence-corrected chi connectivity index (χ3v) is 6.13. The highest BCUT2D eigenvalue weighted by Crippen LogP contribution is 2.32. The van der Waals surface area contributed by atoms with Crippen LogP contribution in [0, 0.1) is 11.3 Å². The minimum absolute atomic E-state index is 0.280. The van der Waals surface area contributed by atoms with Gasteiger partial charge in [-0.1, -0.05) is 12.1 Å². The second kappa shape index (κ2) is 11.7. The zero-order valence-electron chi connectivity index (χ0n) is 20.4. The van der Waals surface area contributed by atoms with Crippen molar-refractivity contribution in [2.45, 2.75) is 45.6 Å². The van der Waals surface area contributed by atoms with Crippen molar-refractivity contribution >= 4 is 33.5 Å². The van der Waals surface area contributed by atoms with E-state index in [0.717, 1.165) is 20.5 Å². The molecule has 0 spiro atoms. The maximum absolute atomic E-state index is 12.8. The molecule has 0 fully saturated rings. The molecular weight excluding hydrogens is 464 g/mol. The first-order valence-electron chi connectivity index (χ1n) is 11.5. The number of carbonyl (C=O) groups excluding carboxylic acids is 2. The molecule has 184 valence electrons. The van der Waals surface area contributed by atoms with Crippen molar-refractivity contribution in [1.29, 1.82) is 5.26 Å². The number of nitriles is 1. The highest BCUT2D eigenvalue weighted by atomic mass is 32.1. The summed E-state index contributed by atoms with van der Waals surface area (Å²) < 4.78 is 17.3. The highest BCUT2D eigenvalue weighted by Gasteiger charge is 2.24. The molecule has 0 aliphatic carbocycles. The Balaban J connectivity index is 1.64. The summed E-state index contributed by atoms with van der Waals surface area (Å²) in [5.74, 6) is -0.104. The summed E-state index contributed by atoms with van der Waals surface area (Å²) in [6.07, 6.45) is 0.0129. The Hall–Kier alpha value is -3.57. The van der Waals surface area contributed by atoms with Gasteiger partial charge in [-0.2, -0.15) is 5.26 Å². The Morgan fingerprint density at radius 1 is 1.11 bits per heavy atom. The van der Waals surface area contributed by atoms with Crippen molar-refractivity contribution < 1.29 is 23.8 Å². The Kier molecular flexibility index (Phi) is 8.72. The summed E-state index contributed by atoms with van der Waals surface area (Å²) >= 11 is 1.61. The summed E-state index contributed by atoms with van der Waals surface area (Å²) in [6, 6.07) is 17.1. The van der Waals surface area contributed by atoms with Gasteiger partial charge in [0, 0.05) is 9.58 Å². The van der Waals surface area contributed by atoms with E-state index in [-0.39, 0.29) is 12.6 Å². The van der Waals surface area contributed by atoms with E-state index >= 15 is 0 Å². The fourth-order valence-electron chi connectivity index (χ4n) is 3.48. The number of ether oxygens (including phenoxy) is 3. The van der Waals surface area contributed by atoms with E-state index in [4.69, 9.17) is 19.5 Å². The predicted molar refractivity (Wildman–Crippen MR) is 136 cm³/mol. The van der Waals surface area contributed by atoms with Gasteiger partial charge in [-0.25, -0.2) is 4.79 Å². The van der Waals surface area contributed by atoms with Gasteiger partial charge in [-0.3, -0.25) is 4.79 Å². The lowest BCUT2D eigenvalue weighted by Gasteiger charge is -2.19. The molecule has 0 aliphatic heterocycles. The van der Waals surface area contributed by atoms with Crippen LogP contribution in [0.15, 0.2) is 48.5 Å². The zero-order valence-corrected chi connectivity index (χ0v) is 21.2. The second-order valence-corrected chi connectivity index (χ2v) is 10.1. The quantitative estimate of drug-likeness (QED) is 0.309. The Bertz CT molecular complexity index is 1210. The van der Waals surface area contributed by atoms with Crippen LogP contribution in [0.25, 0.3) is 10.1 Å². The van der Waals surface area contributed by atoms with Crippen LogP contribution >= 0.6 is 11.3 Å². The molecule has 8 heteroatoms. The number of hydrogen-bond acceptors (Lipinski definition) is 7. The van der Waals surface area contributed by atoms with E-state index < -0.39 is 17.6 Å². The van der Waals surface area contributed by atoms with Crippen molar-refractivity contribution in [1.82, 2.24) is 5.32 Å². The van der Waals surface area contributed by atoms with Crippen LogP contribution in [0.3, 0.4) is 0 Å². The number of alkyl carbamates (subject to hydrolysis) is 1. The first-order valence-corrected chi connectivity index (χ1v) is 12.3. The smallest absolute Gasteiger partial charge is 0.407 e. The molecule has 0 aliphatic rings. The maximum Gasteiger partial charge on any atom is 0.407 e. The van der Waals surface area contributed by atoms with E-state index in [9.17, 15) is 9.59 Å². The lowest BCUT2D eigenvalue weighted by molar-refractivity contribution is -0.144. The molecule has 0 saturated heterocycles. The second-order valence-electron chi connectivity index (χ2n) is 8.93. The summed E-state index contributed by atoms with van der Waals surface area (Å²) in [7, 11) is 0. The normalized spacial score (nSPS) is 12.0. The van der Waals surface area contributed by atoms with E-state index in [0.29, 0.717) is 30.9 Å². The molecule has 0 bridgehead atoms. The number of carbonyl (C=O) groups is 2. The van der Waals surface area contributed by atoms with E-state index in [1.807, 2.05) is 30.3 Å². The number of amides is 1. The van der Waals surface area contributed by atoms with E-state index in [2.05, 4.69) is 11.4 Å². The third kappa shape index (κ3) is 7.72. The first-order chi connectivity index (χ1) is 16.7. The average Bonchev–Trinajstić information content (AvgIpc) is 3.21. The van der Waals surface area contributed by atoms with Gasteiger partial charge in [-0.05, 0) is 81.5 Å². The Morgan fingerprint density at radius 3 is 2.51 bits per heavy atom. The number of benzene rings is 2. The molecule has 1 unspecified atom stereocenters. The zero-order chi connectivity index (χ0) is 25.4. The van der Waals surface area contributed by atoms with Crippen LogP contribution in [-0.4, -0.2) is 37.4 Å². The predicted octanol–water partition coefficient (Wildman–Crippen LogP) is 5.57. The summed E-state index contributed by atoms with van der Waals surface area (Å²) in [5, 5.41) is 12.8. The topological polar surface area (TPSA) is 97.7 Å². The van der Waals surface area contributed by atoms with Crippen molar-refractivity contribution in [3.05, 3.63) is 64.5 Å².